The number of hydrogen-bond donors (Lipinski definition) is 0. The maximum absolute atomic E-state index is 16.4. The van der Waals surface area contributed by atoms with Gasteiger partial charge in [-0.15, -0.1) is 0 Å². The van der Waals surface area contributed by atoms with Gasteiger partial charge in [0.15, 0.2) is 0 Å². The van der Waals surface area contributed by atoms with E-state index in [1.54, 1.807) is 24.3 Å². The van der Waals surface area contributed by atoms with Gasteiger partial charge in [-0.3, -0.25) is 0 Å². The van der Waals surface area contributed by atoms with Crippen LogP contribution < -0.4 is 25.3 Å². The summed E-state index contributed by atoms with van der Waals surface area (Å²) in [5.41, 5.74) is -1.95. The molecule has 0 aromatic heterocycles. The Balaban J connectivity index is 0.000000193. The fraction of sp³-hybridized carbons (Fsp3) is 0.231. The molecule has 10 rings (SSSR count). The van der Waals surface area contributed by atoms with Crippen molar-refractivity contribution in [1.29, 1.82) is 0 Å². The standard InChI is InChI=1S/2C10H8F4NO.2C6Cl2F3.4C5H5.2Ti/c2*11-6-5-7(12)9(14)10(8(6)13)15-1-3-16-4-2-15;2*7-4-2(9)1-3(10)5(8)6(4)11;4*1-2-4-5-3-1;;/h2*1-4H2;;;4*1-3H,4H2;;. The molecule has 4 aromatic rings. The number of allylic oxidation sites excluding steroid dienone is 16. The zero-order valence-electron chi connectivity index (χ0n) is 38.9. The van der Waals surface area contributed by atoms with E-state index >= 15 is 52.7 Å². The van der Waals surface area contributed by atoms with Crippen molar-refractivity contribution in [2.24, 2.45) is 0 Å². The number of benzene rings is 4. The summed E-state index contributed by atoms with van der Waals surface area (Å²) in [6.07, 6.45) is 17.9. The Morgan fingerprint density at radius 2 is 0.539 bits per heavy atom. The van der Waals surface area contributed by atoms with Crippen LogP contribution in [0.2, 0.25) is 20.1 Å². The monoisotopic (exact) mass is 1220 g/mol. The van der Waals surface area contributed by atoms with Crippen LogP contribution in [0.1, 0.15) is 25.7 Å². The number of nitrogens with zero attached hydrogens (tertiary/aromatic N) is 2. The summed E-state index contributed by atoms with van der Waals surface area (Å²) in [5.74, 6) is -23.7. The van der Waals surface area contributed by atoms with Crippen LogP contribution >= 0.6 is 46.4 Å². The first-order valence-electron chi connectivity index (χ1n) is 23.1. The summed E-state index contributed by atoms with van der Waals surface area (Å²) in [4.78, 5) is 2.17. The molecule has 24 heteroatoms. The third-order valence-corrected chi connectivity index (χ3v) is 31.2. The zero-order chi connectivity index (χ0) is 54.7. The van der Waals surface area contributed by atoms with Gasteiger partial charge in [0.1, 0.15) is 0 Å². The molecule has 2 fully saturated rings. The fourth-order valence-electron chi connectivity index (χ4n) is 10.7. The van der Waals surface area contributed by atoms with Gasteiger partial charge in [0.25, 0.3) is 0 Å². The summed E-state index contributed by atoms with van der Waals surface area (Å²) in [6.45, 7) is -0.0609. The molecule has 0 unspecified atom stereocenters. The molecule has 76 heavy (non-hydrogen) atoms. The number of hydrogen-bond acceptors (Lipinski definition) is 4. The van der Waals surface area contributed by atoms with Crippen LogP contribution in [0, 0.1) is 81.4 Å². The van der Waals surface area contributed by atoms with E-state index in [-0.39, 0.29) is 93.8 Å². The van der Waals surface area contributed by atoms with Crippen LogP contribution in [0.25, 0.3) is 0 Å². The summed E-state index contributed by atoms with van der Waals surface area (Å²) < 4.78 is 227. The SMILES string of the molecule is Fc1c(Cl)c(F)[c]([Ti]([C]2=CC=CC2)([C]2=CC=CC2)[c]2c(F)c(Cl)c(F)c(Cl)c2F)c(F)c1Cl.Fc1c(F)[c]([Ti]([C]2=CC=CC2)([C]2=CC=CC2)[c]2c(F)c(F)c(N3CCOCC3)c(F)c2F)c(F)c(F)c1N1CCOCC1. The second kappa shape index (κ2) is 22.6. The van der Waals surface area contributed by atoms with Crippen LogP contribution in [-0.4, -0.2) is 52.6 Å². The van der Waals surface area contributed by atoms with Gasteiger partial charge in [-0.2, -0.15) is 0 Å². The van der Waals surface area contributed by atoms with E-state index in [4.69, 9.17) is 55.9 Å². The molecular weight excluding hydrogens is 1190 g/mol. The van der Waals surface area contributed by atoms with E-state index in [1.165, 1.54) is 48.6 Å². The van der Waals surface area contributed by atoms with Crippen LogP contribution in [0.3, 0.4) is 0 Å². The third-order valence-electron chi connectivity index (χ3n) is 14.1. The minimum absolute atomic E-state index is 0.0488. The van der Waals surface area contributed by atoms with Gasteiger partial charge >= 0.3 is 455 Å². The van der Waals surface area contributed by atoms with E-state index < -0.39 is 162 Å². The molecule has 0 spiro atoms. The molecule has 2 aliphatic heterocycles. The van der Waals surface area contributed by atoms with Crippen molar-refractivity contribution < 1.29 is 104 Å². The van der Waals surface area contributed by atoms with Crippen LogP contribution in [0.5, 0.6) is 0 Å². The number of morpholine rings is 2. The van der Waals surface area contributed by atoms with Gasteiger partial charge in [0.05, 0.1) is 0 Å². The molecule has 0 radical (unpaired) electrons. The van der Waals surface area contributed by atoms with E-state index in [1.807, 2.05) is 0 Å². The Hall–Kier alpha value is -4.07. The van der Waals surface area contributed by atoms with Gasteiger partial charge in [-0.05, 0) is 0 Å². The van der Waals surface area contributed by atoms with Gasteiger partial charge in [-0.1, -0.05) is 0 Å². The van der Waals surface area contributed by atoms with Crippen molar-refractivity contribution in [3.05, 3.63) is 190 Å². The van der Waals surface area contributed by atoms with Crippen molar-refractivity contribution in [1.82, 2.24) is 0 Å². The average Bonchev–Trinajstić information content (AvgIpc) is 4.38. The fourth-order valence-corrected chi connectivity index (χ4v) is 28.6. The van der Waals surface area contributed by atoms with Crippen LogP contribution in [-0.2, 0) is 42.7 Å². The molecule has 4 nitrogen and oxygen atoms in total. The van der Waals surface area contributed by atoms with Crippen molar-refractivity contribution in [2.75, 3.05) is 62.4 Å². The Bertz CT molecular complexity index is 3030. The number of ether oxygens (including phenoxy) is 2. The molecule has 0 saturated carbocycles. The van der Waals surface area contributed by atoms with E-state index in [0.29, 0.717) is 0 Å². The molecule has 4 aliphatic carbocycles. The van der Waals surface area contributed by atoms with Gasteiger partial charge in [-0.25, -0.2) is 0 Å². The van der Waals surface area contributed by atoms with E-state index in [9.17, 15) is 8.78 Å². The summed E-state index contributed by atoms with van der Waals surface area (Å²) in [5, 5.41) is -4.54. The zero-order valence-corrected chi connectivity index (χ0v) is 45.1. The van der Waals surface area contributed by atoms with E-state index in [2.05, 4.69) is 0 Å². The molecule has 4 aromatic carbocycles. The Labute approximate surface area is 452 Å². The molecule has 0 amide bonds. The van der Waals surface area contributed by atoms with Gasteiger partial charge < -0.3 is 0 Å². The Morgan fingerprint density at radius 1 is 0.316 bits per heavy atom. The average molecular weight is 1220 g/mol. The second-order valence-electron chi connectivity index (χ2n) is 17.8. The first-order valence-corrected chi connectivity index (χ1v) is 30.9. The molecule has 6 aliphatic rings. The van der Waals surface area contributed by atoms with Crippen LogP contribution in [0.15, 0.2) is 88.4 Å². The molecule has 0 bridgehead atoms. The topological polar surface area (TPSA) is 24.9 Å². The summed E-state index contributed by atoms with van der Waals surface area (Å²) >= 11 is 11.9. The van der Waals surface area contributed by atoms with Crippen molar-refractivity contribution in [3.63, 3.8) is 0 Å². The van der Waals surface area contributed by atoms with Gasteiger partial charge in [0.2, 0.25) is 0 Å². The quantitative estimate of drug-likeness (QED) is 0.0684. The van der Waals surface area contributed by atoms with Crippen molar-refractivity contribution >= 4 is 73.3 Å². The van der Waals surface area contributed by atoms with Gasteiger partial charge in [0, 0.05) is 0 Å². The van der Waals surface area contributed by atoms with E-state index in [0.717, 1.165) is 9.80 Å². The second-order valence-corrected chi connectivity index (χ2v) is 31.2. The first kappa shape index (κ1) is 56.6. The summed E-state index contributed by atoms with van der Waals surface area (Å²) in [7, 11) is 0. The molecule has 2 saturated heterocycles. The third kappa shape index (κ3) is 9.02. The van der Waals surface area contributed by atoms with Crippen LogP contribution in [0.4, 0.5) is 72.8 Å². The number of halogens is 18. The first-order chi connectivity index (χ1) is 36.3. The Morgan fingerprint density at radius 3 is 0.750 bits per heavy atom. The summed E-state index contributed by atoms with van der Waals surface area (Å²) in [6, 6.07) is 0. The number of anilines is 2. The predicted molar refractivity (Wildman–Crippen MR) is 257 cm³/mol. The van der Waals surface area contributed by atoms with Crippen molar-refractivity contribution in [3.8, 4) is 0 Å². The molecule has 400 valence electrons. The Kier molecular flexibility index (Phi) is 16.8. The normalized spacial score (nSPS) is 17.4. The minimum atomic E-state index is -5.88. The maximum atomic E-state index is 16.4. The molecule has 0 atom stereocenters. The molecule has 0 N–H and O–H groups in total. The predicted octanol–water partition coefficient (Wildman–Crippen LogP) is 13.2. The van der Waals surface area contributed by atoms with Crippen molar-refractivity contribution in [2.45, 2.75) is 25.7 Å². The number of rotatable bonds is 10. The molecule has 2 heterocycles. The molecular formula is C52H36Cl4F14N2O2Ti2.